The van der Waals surface area contributed by atoms with E-state index in [0.29, 0.717) is 0 Å². The summed E-state index contributed by atoms with van der Waals surface area (Å²) in [5.41, 5.74) is 5.33. The number of imidazole rings is 1. The molecule has 182 valence electrons. The Balaban J connectivity index is 1.30. The number of hydrogen-bond donors (Lipinski definition) is 3. The number of nitrogens with zero attached hydrogens (tertiary/aromatic N) is 5. The Morgan fingerprint density at radius 2 is 2.23 bits per heavy atom. The molecule has 2 amide bonds. The van der Waals surface area contributed by atoms with Gasteiger partial charge in [-0.3, -0.25) is 18.8 Å². The number of nitrogens with one attached hydrogen (secondary N) is 1. The lowest BCUT2D eigenvalue weighted by Gasteiger charge is -2.53. The Morgan fingerprint density at radius 1 is 1.40 bits per heavy atom. The maximum absolute atomic E-state index is 12.9. The van der Waals surface area contributed by atoms with Gasteiger partial charge in [-0.25, -0.2) is 9.97 Å². The molecule has 2 saturated heterocycles. The molecule has 3 aromatic heterocycles. The van der Waals surface area contributed by atoms with Gasteiger partial charge in [0.2, 0.25) is 5.91 Å². The van der Waals surface area contributed by atoms with Gasteiger partial charge in [-0.2, -0.15) is 0 Å². The minimum absolute atomic E-state index is 0.000545. The third-order valence-corrected chi connectivity index (χ3v) is 8.86. The molecule has 0 bridgehead atoms. The standard InChI is InChI=1S/C20H19N7O5S3/c1-32-25-13(11-6-34-19(21)23-11)15(28)24-14-16(29)26-7-20(18(30)31,8-35-17(14)26)3-2-10-5-33-12-4-22-9-27(10)12/h2-6,9,14,17H,7-8H2,1H3,(H2,21,23)(H,24,28)(H,30,31)/t14-,17-,20?/m1/s1. The molecule has 3 aromatic rings. The summed E-state index contributed by atoms with van der Waals surface area (Å²) < 4.78 is 1.87. The van der Waals surface area contributed by atoms with Gasteiger partial charge >= 0.3 is 5.97 Å². The summed E-state index contributed by atoms with van der Waals surface area (Å²) in [5, 5.41) is 19.8. The Hall–Kier alpha value is -3.43. The van der Waals surface area contributed by atoms with Gasteiger partial charge in [-0.1, -0.05) is 11.2 Å². The summed E-state index contributed by atoms with van der Waals surface area (Å²) in [6, 6.07) is -0.816. The monoisotopic (exact) mass is 533 g/mol. The highest BCUT2D eigenvalue weighted by molar-refractivity contribution is 8.00. The first-order valence-corrected chi connectivity index (χ1v) is 13.0. The van der Waals surface area contributed by atoms with E-state index in [1.807, 2.05) is 9.78 Å². The smallest absolute Gasteiger partial charge is 0.316 e. The Morgan fingerprint density at radius 3 is 2.94 bits per heavy atom. The molecule has 2 fully saturated rings. The van der Waals surface area contributed by atoms with Crippen molar-refractivity contribution in [1.82, 2.24) is 24.6 Å². The van der Waals surface area contributed by atoms with E-state index in [-0.39, 0.29) is 34.7 Å². The highest BCUT2D eigenvalue weighted by atomic mass is 32.2. The number of carboxylic acids is 1. The first-order valence-electron chi connectivity index (χ1n) is 10.2. The zero-order valence-electron chi connectivity index (χ0n) is 18.2. The number of thioether (sulfide) groups is 1. The van der Waals surface area contributed by atoms with Crippen LogP contribution in [-0.2, 0) is 19.2 Å². The summed E-state index contributed by atoms with van der Waals surface area (Å²) in [6.45, 7) is 0.000545. The zero-order valence-corrected chi connectivity index (χ0v) is 20.6. The van der Waals surface area contributed by atoms with E-state index in [4.69, 9.17) is 10.6 Å². The van der Waals surface area contributed by atoms with E-state index in [0.717, 1.165) is 21.9 Å². The van der Waals surface area contributed by atoms with Crippen LogP contribution in [-0.4, -0.2) is 78.7 Å². The quantitative estimate of drug-likeness (QED) is 0.228. The molecule has 0 aromatic carbocycles. The summed E-state index contributed by atoms with van der Waals surface area (Å²) in [7, 11) is 1.29. The van der Waals surface area contributed by atoms with Crippen LogP contribution in [0.15, 0.2) is 34.5 Å². The largest absolute Gasteiger partial charge is 0.481 e. The fraction of sp³-hybridized carbons (Fsp3) is 0.300. The van der Waals surface area contributed by atoms with Gasteiger partial charge in [0.15, 0.2) is 10.8 Å². The molecule has 2 aliphatic rings. The number of fused-ring (bicyclic) bond motifs is 2. The second kappa shape index (κ2) is 8.98. The van der Waals surface area contributed by atoms with E-state index in [2.05, 4.69) is 20.4 Å². The molecule has 12 nitrogen and oxygen atoms in total. The molecule has 1 unspecified atom stereocenters. The Kier molecular flexibility index (Phi) is 5.98. The molecule has 0 spiro atoms. The topological polar surface area (TPSA) is 165 Å². The number of β-lactam (4-membered cyclic amide) rings is 1. The number of amides is 2. The van der Waals surface area contributed by atoms with Gasteiger partial charge in [0.1, 0.15) is 40.8 Å². The molecule has 15 heteroatoms. The molecule has 4 N–H and O–H groups in total. The summed E-state index contributed by atoms with van der Waals surface area (Å²) >= 11 is 3.95. The van der Waals surface area contributed by atoms with E-state index < -0.39 is 28.7 Å². The number of aromatic nitrogens is 3. The van der Waals surface area contributed by atoms with Crippen molar-refractivity contribution >= 4 is 74.0 Å². The maximum atomic E-state index is 12.9. The number of rotatable bonds is 7. The number of anilines is 1. The number of nitrogen functional groups attached to an aromatic ring is 1. The van der Waals surface area contributed by atoms with E-state index >= 15 is 0 Å². The van der Waals surface area contributed by atoms with Gasteiger partial charge in [0.25, 0.3) is 5.91 Å². The molecular formula is C20H19N7O5S3. The van der Waals surface area contributed by atoms with Gasteiger partial charge in [0, 0.05) is 23.1 Å². The van der Waals surface area contributed by atoms with E-state index in [9.17, 15) is 19.5 Å². The van der Waals surface area contributed by atoms with Gasteiger partial charge < -0.3 is 25.9 Å². The lowest BCUT2D eigenvalue weighted by atomic mass is 9.86. The average molecular weight is 534 g/mol. The molecular weight excluding hydrogens is 514 g/mol. The van der Waals surface area contributed by atoms with Gasteiger partial charge in [-0.15, -0.1) is 34.4 Å². The maximum Gasteiger partial charge on any atom is 0.316 e. The summed E-state index contributed by atoms with van der Waals surface area (Å²) in [5.74, 6) is -1.78. The van der Waals surface area contributed by atoms with Crippen LogP contribution >= 0.6 is 34.4 Å². The molecule has 5 heterocycles. The summed E-state index contributed by atoms with van der Waals surface area (Å²) in [6.07, 6.45) is 6.78. The number of oxime groups is 1. The van der Waals surface area contributed by atoms with Gasteiger partial charge in [0.05, 0.1) is 11.9 Å². The Labute approximate surface area is 210 Å². The highest BCUT2D eigenvalue weighted by Crippen LogP contribution is 2.43. The van der Waals surface area contributed by atoms with Crippen LogP contribution in [0.5, 0.6) is 0 Å². The van der Waals surface area contributed by atoms with Crippen LogP contribution in [0, 0.1) is 5.41 Å². The third-order valence-electron chi connectivity index (χ3n) is 5.74. The van der Waals surface area contributed by atoms with Crippen LogP contribution in [0.1, 0.15) is 11.4 Å². The van der Waals surface area contributed by atoms with Crippen molar-refractivity contribution in [3.05, 3.63) is 40.7 Å². The number of aliphatic carboxylic acids is 1. The van der Waals surface area contributed by atoms with Crippen LogP contribution in [0.25, 0.3) is 10.9 Å². The van der Waals surface area contributed by atoms with E-state index in [1.165, 1.54) is 35.1 Å². The Bertz CT molecular complexity index is 1380. The molecule has 35 heavy (non-hydrogen) atoms. The number of carbonyl (C=O) groups is 3. The number of nitrogens with two attached hydrogens (primary N) is 1. The van der Waals surface area contributed by atoms with E-state index in [1.54, 1.807) is 30.1 Å². The predicted octanol–water partition coefficient (Wildman–Crippen LogP) is 0.969. The molecule has 0 aliphatic carbocycles. The number of carbonyl (C=O) groups excluding carboxylic acids is 2. The minimum Gasteiger partial charge on any atom is -0.481 e. The number of hydrogen-bond acceptors (Lipinski definition) is 11. The zero-order chi connectivity index (χ0) is 24.7. The van der Waals surface area contributed by atoms with Crippen molar-refractivity contribution in [2.45, 2.75) is 11.4 Å². The van der Waals surface area contributed by atoms with Crippen LogP contribution in [0.4, 0.5) is 5.13 Å². The molecule has 5 rings (SSSR count). The fourth-order valence-electron chi connectivity index (χ4n) is 3.90. The lowest BCUT2D eigenvalue weighted by Crippen LogP contribution is -2.73. The van der Waals surface area contributed by atoms with Crippen molar-refractivity contribution in [3.63, 3.8) is 0 Å². The van der Waals surface area contributed by atoms with Crippen molar-refractivity contribution in [1.29, 1.82) is 0 Å². The van der Waals surface area contributed by atoms with Crippen molar-refractivity contribution < 1.29 is 24.3 Å². The van der Waals surface area contributed by atoms with Crippen LogP contribution in [0.3, 0.4) is 0 Å². The minimum atomic E-state index is -1.26. The number of carboxylic acid groups (broad SMARTS) is 1. The average Bonchev–Trinajstić information content (AvgIpc) is 3.57. The normalized spacial score (nSPS) is 24.4. The first-order chi connectivity index (χ1) is 16.8. The van der Waals surface area contributed by atoms with Gasteiger partial charge in [-0.05, 0) is 6.08 Å². The van der Waals surface area contributed by atoms with Crippen molar-refractivity contribution in [3.8, 4) is 0 Å². The SMILES string of the molecule is CON=C(C(=O)N[C@@H]1C(=O)N2CC(C=Cc3csc4cncn34)(C(=O)O)CS[C@H]12)c1csc(N)n1. The van der Waals surface area contributed by atoms with Crippen molar-refractivity contribution in [2.75, 3.05) is 25.1 Å². The van der Waals surface area contributed by atoms with Crippen LogP contribution < -0.4 is 11.1 Å². The molecule has 0 radical (unpaired) electrons. The first kappa shape index (κ1) is 23.3. The second-order valence-corrected chi connectivity index (χ2v) is 10.8. The summed E-state index contributed by atoms with van der Waals surface area (Å²) in [4.78, 5) is 53.3. The molecule has 0 saturated carbocycles. The molecule has 3 atom stereocenters. The third kappa shape index (κ3) is 4.04. The molecule has 2 aliphatic heterocycles. The predicted molar refractivity (Wildman–Crippen MR) is 132 cm³/mol. The number of thiazole rings is 2. The highest BCUT2D eigenvalue weighted by Gasteiger charge is 2.57. The van der Waals surface area contributed by atoms with Crippen LogP contribution in [0.2, 0.25) is 0 Å². The lowest BCUT2D eigenvalue weighted by molar-refractivity contribution is -0.155. The second-order valence-electron chi connectivity index (χ2n) is 7.87. The van der Waals surface area contributed by atoms with Crippen molar-refractivity contribution in [2.24, 2.45) is 10.6 Å². The fourth-order valence-corrected chi connectivity index (χ4v) is 6.79.